The van der Waals surface area contributed by atoms with Gasteiger partial charge in [0.15, 0.2) is 0 Å². The van der Waals surface area contributed by atoms with E-state index >= 15 is 0 Å². The first-order valence-corrected chi connectivity index (χ1v) is 7.26. The molecule has 0 saturated carbocycles. The van der Waals surface area contributed by atoms with Gasteiger partial charge in [-0.3, -0.25) is 4.79 Å². The summed E-state index contributed by atoms with van der Waals surface area (Å²) in [4.78, 5) is 11.7. The highest BCUT2D eigenvalue weighted by molar-refractivity contribution is 9.10. The number of halogens is 2. The summed E-state index contributed by atoms with van der Waals surface area (Å²) < 4.78 is 13.7. The Balaban J connectivity index is 2.57. The summed E-state index contributed by atoms with van der Waals surface area (Å²) in [6.07, 6.45) is 1.84. The SMILES string of the molecule is CCC(CC)NC(=O)CNc1cc(Br)c(F)cc1C. The molecule has 0 unspecified atom stereocenters. The van der Waals surface area contributed by atoms with Crippen molar-refractivity contribution >= 4 is 27.5 Å². The van der Waals surface area contributed by atoms with Crippen LogP contribution in [-0.2, 0) is 4.79 Å². The van der Waals surface area contributed by atoms with Crippen molar-refractivity contribution in [3.63, 3.8) is 0 Å². The van der Waals surface area contributed by atoms with Gasteiger partial charge in [0.25, 0.3) is 0 Å². The number of amides is 1. The summed E-state index contributed by atoms with van der Waals surface area (Å²) in [6.45, 7) is 6.08. The van der Waals surface area contributed by atoms with Crippen molar-refractivity contribution in [3.05, 3.63) is 28.0 Å². The van der Waals surface area contributed by atoms with E-state index in [0.717, 1.165) is 24.1 Å². The summed E-state index contributed by atoms with van der Waals surface area (Å²) >= 11 is 3.13. The summed E-state index contributed by atoms with van der Waals surface area (Å²) in [6, 6.07) is 3.30. The minimum atomic E-state index is -0.301. The molecule has 0 saturated heterocycles. The van der Waals surface area contributed by atoms with Crippen LogP contribution in [0.15, 0.2) is 16.6 Å². The van der Waals surface area contributed by atoms with Gasteiger partial charge in [0.05, 0.1) is 11.0 Å². The van der Waals surface area contributed by atoms with Crippen LogP contribution in [0.25, 0.3) is 0 Å². The van der Waals surface area contributed by atoms with Crippen LogP contribution in [-0.4, -0.2) is 18.5 Å². The van der Waals surface area contributed by atoms with Crippen LogP contribution in [0.4, 0.5) is 10.1 Å². The number of hydrogen-bond acceptors (Lipinski definition) is 2. The molecule has 1 rings (SSSR count). The lowest BCUT2D eigenvalue weighted by Gasteiger charge is -2.16. The zero-order valence-electron chi connectivity index (χ0n) is 11.5. The van der Waals surface area contributed by atoms with E-state index in [1.54, 1.807) is 13.0 Å². The first-order valence-electron chi connectivity index (χ1n) is 6.46. The summed E-state index contributed by atoms with van der Waals surface area (Å²) in [5.74, 6) is -0.349. The van der Waals surface area contributed by atoms with Gasteiger partial charge in [-0.1, -0.05) is 13.8 Å². The molecule has 0 aromatic heterocycles. The van der Waals surface area contributed by atoms with Gasteiger partial charge in [0.2, 0.25) is 5.91 Å². The highest BCUT2D eigenvalue weighted by Gasteiger charge is 2.09. The predicted octanol–water partition coefficient (Wildman–Crippen LogP) is 3.61. The van der Waals surface area contributed by atoms with Crippen molar-refractivity contribution in [2.24, 2.45) is 0 Å². The van der Waals surface area contributed by atoms with Crippen LogP contribution in [0, 0.1) is 12.7 Å². The average Bonchev–Trinajstić information content (AvgIpc) is 2.38. The first-order chi connectivity index (χ1) is 8.97. The maximum absolute atomic E-state index is 13.3. The molecule has 0 bridgehead atoms. The number of carbonyl (C=O) groups excluding carboxylic acids is 1. The van der Waals surface area contributed by atoms with E-state index in [0.29, 0.717) is 4.47 Å². The van der Waals surface area contributed by atoms with Crippen molar-refractivity contribution in [2.75, 3.05) is 11.9 Å². The Kier molecular flexibility index (Phi) is 6.28. The van der Waals surface area contributed by atoms with Crippen LogP contribution in [0.5, 0.6) is 0 Å². The predicted molar refractivity (Wildman–Crippen MR) is 79.8 cm³/mol. The Bertz CT molecular complexity index is 447. The van der Waals surface area contributed by atoms with Crippen LogP contribution < -0.4 is 10.6 Å². The molecular weight excluding hydrogens is 311 g/mol. The second-order valence-electron chi connectivity index (χ2n) is 4.52. The lowest BCUT2D eigenvalue weighted by molar-refractivity contribution is -0.120. The summed E-state index contributed by atoms with van der Waals surface area (Å²) in [5.41, 5.74) is 1.53. The molecule has 0 radical (unpaired) electrons. The van der Waals surface area contributed by atoms with Crippen LogP contribution in [0.3, 0.4) is 0 Å². The Labute approximate surface area is 122 Å². The summed E-state index contributed by atoms with van der Waals surface area (Å²) in [7, 11) is 0. The monoisotopic (exact) mass is 330 g/mol. The van der Waals surface area contributed by atoms with Gasteiger partial charge in [-0.15, -0.1) is 0 Å². The Morgan fingerprint density at radius 2 is 2.00 bits per heavy atom. The number of benzene rings is 1. The molecule has 0 heterocycles. The highest BCUT2D eigenvalue weighted by atomic mass is 79.9. The fraction of sp³-hybridized carbons (Fsp3) is 0.500. The van der Waals surface area contributed by atoms with Crippen LogP contribution >= 0.6 is 15.9 Å². The van der Waals surface area contributed by atoms with E-state index in [4.69, 9.17) is 0 Å². The molecular formula is C14H20BrFN2O. The number of aryl methyl sites for hydroxylation is 1. The highest BCUT2D eigenvalue weighted by Crippen LogP contribution is 2.23. The normalized spacial score (nSPS) is 10.6. The molecule has 106 valence electrons. The lowest BCUT2D eigenvalue weighted by atomic mass is 10.1. The van der Waals surface area contributed by atoms with Crippen molar-refractivity contribution in [2.45, 2.75) is 39.7 Å². The molecule has 3 nitrogen and oxygen atoms in total. The van der Waals surface area contributed by atoms with E-state index in [-0.39, 0.29) is 24.3 Å². The van der Waals surface area contributed by atoms with Crippen LogP contribution in [0.2, 0.25) is 0 Å². The first kappa shape index (κ1) is 16.0. The van der Waals surface area contributed by atoms with E-state index < -0.39 is 0 Å². The van der Waals surface area contributed by atoms with Gasteiger partial charge < -0.3 is 10.6 Å². The second-order valence-corrected chi connectivity index (χ2v) is 5.37. The molecule has 0 aliphatic carbocycles. The molecule has 0 fully saturated rings. The fourth-order valence-corrected chi connectivity index (χ4v) is 2.13. The van der Waals surface area contributed by atoms with E-state index in [1.807, 2.05) is 13.8 Å². The number of hydrogen-bond donors (Lipinski definition) is 2. The number of anilines is 1. The fourth-order valence-electron chi connectivity index (χ4n) is 1.78. The smallest absolute Gasteiger partial charge is 0.239 e. The molecule has 0 aliphatic rings. The maximum atomic E-state index is 13.3. The van der Waals surface area contributed by atoms with Gasteiger partial charge in [-0.2, -0.15) is 0 Å². The van der Waals surface area contributed by atoms with E-state index in [9.17, 15) is 9.18 Å². The van der Waals surface area contributed by atoms with Crippen LogP contribution in [0.1, 0.15) is 32.3 Å². The number of carbonyl (C=O) groups is 1. The zero-order valence-corrected chi connectivity index (χ0v) is 13.1. The van der Waals surface area contributed by atoms with Gasteiger partial charge >= 0.3 is 0 Å². The molecule has 1 aromatic rings. The van der Waals surface area contributed by atoms with Crippen molar-refractivity contribution in [1.29, 1.82) is 0 Å². The maximum Gasteiger partial charge on any atom is 0.239 e. The molecule has 0 atom stereocenters. The third-order valence-electron chi connectivity index (χ3n) is 3.06. The molecule has 19 heavy (non-hydrogen) atoms. The zero-order chi connectivity index (χ0) is 14.4. The third-order valence-corrected chi connectivity index (χ3v) is 3.67. The van der Waals surface area contributed by atoms with Gasteiger partial charge in [-0.25, -0.2) is 4.39 Å². The molecule has 1 amide bonds. The Hall–Kier alpha value is -1.10. The minimum absolute atomic E-state index is 0.0476. The number of nitrogens with one attached hydrogen (secondary N) is 2. The average molecular weight is 331 g/mol. The van der Waals surface area contributed by atoms with Gasteiger partial charge in [0.1, 0.15) is 5.82 Å². The van der Waals surface area contributed by atoms with Crippen molar-refractivity contribution in [1.82, 2.24) is 5.32 Å². The quantitative estimate of drug-likeness (QED) is 0.836. The van der Waals surface area contributed by atoms with E-state index in [2.05, 4.69) is 26.6 Å². The molecule has 2 N–H and O–H groups in total. The molecule has 1 aromatic carbocycles. The molecule has 0 spiro atoms. The van der Waals surface area contributed by atoms with Crippen molar-refractivity contribution < 1.29 is 9.18 Å². The minimum Gasteiger partial charge on any atom is -0.376 e. The molecule has 5 heteroatoms. The lowest BCUT2D eigenvalue weighted by Crippen LogP contribution is -2.37. The topological polar surface area (TPSA) is 41.1 Å². The standard InChI is InChI=1S/C14H20BrFN2O/c1-4-10(5-2)18-14(19)8-17-13-7-11(15)12(16)6-9(13)3/h6-7,10,17H,4-5,8H2,1-3H3,(H,18,19). The second kappa shape index (κ2) is 7.48. The molecule has 0 aliphatic heterocycles. The van der Waals surface area contributed by atoms with Gasteiger partial charge in [0, 0.05) is 11.7 Å². The Morgan fingerprint density at radius 3 is 2.58 bits per heavy atom. The third kappa shape index (κ3) is 4.82. The largest absolute Gasteiger partial charge is 0.376 e. The Morgan fingerprint density at radius 1 is 1.37 bits per heavy atom. The summed E-state index contributed by atoms with van der Waals surface area (Å²) in [5, 5.41) is 5.97. The number of rotatable bonds is 6. The van der Waals surface area contributed by atoms with Gasteiger partial charge in [-0.05, 0) is 53.4 Å². The van der Waals surface area contributed by atoms with E-state index in [1.165, 1.54) is 6.07 Å². The van der Waals surface area contributed by atoms with Crippen molar-refractivity contribution in [3.8, 4) is 0 Å².